The molecule has 1 aliphatic heterocycles. The first-order valence-electron chi connectivity index (χ1n) is 10.3. The molecule has 2 N–H and O–H groups in total. The quantitative estimate of drug-likeness (QED) is 0.553. The Bertz CT molecular complexity index is 520. The van der Waals surface area contributed by atoms with E-state index in [9.17, 15) is 0 Å². The predicted molar refractivity (Wildman–Crippen MR) is 111 cm³/mol. The average Bonchev–Trinajstić information content (AvgIpc) is 2.64. The molecule has 5 heteroatoms. The smallest absolute Gasteiger partial charge is 0.191 e. The fraction of sp³-hybridized carbons (Fsp3) is 0.714. The van der Waals surface area contributed by atoms with E-state index in [1.807, 2.05) is 18.3 Å². The summed E-state index contributed by atoms with van der Waals surface area (Å²) in [6.45, 7) is 14.1. The largest absolute Gasteiger partial charge is 0.357 e. The van der Waals surface area contributed by atoms with Gasteiger partial charge >= 0.3 is 0 Å². The molecular weight excluding hydrogens is 322 g/mol. The average molecular weight is 360 g/mol. The number of nitrogens with one attached hydrogen (secondary N) is 2. The maximum absolute atomic E-state index is 4.89. The summed E-state index contributed by atoms with van der Waals surface area (Å²) in [5.74, 6) is 2.40. The van der Waals surface area contributed by atoms with Crippen LogP contribution in [-0.4, -0.2) is 54.6 Å². The van der Waals surface area contributed by atoms with Crippen LogP contribution >= 0.6 is 0 Å². The first-order chi connectivity index (χ1) is 12.6. The van der Waals surface area contributed by atoms with Crippen LogP contribution in [0.1, 0.15) is 46.2 Å². The van der Waals surface area contributed by atoms with E-state index >= 15 is 0 Å². The Morgan fingerprint density at radius 3 is 2.65 bits per heavy atom. The van der Waals surface area contributed by atoms with Crippen molar-refractivity contribution in [1.29, 1.82) is 0 Å². The number of aromatic nitrogens is 1. The molecule has 2 rings (SSSR count). The lowest BCUT2D eigenvalue weighted by Gasteiger charge is -2.38. The summed E-state index contributed by atoms with van der Waals surface area (Å²) in [5, 5.41) is 6.83. The molecule has 0 spiro atoms. The summed E-state index contributed by atoms with van der Waals surface area (Å²) in [5.41, 5.74) is 1.11. The maximum Gasteiger partial charge on any atom is 0.191 e. The normalized spacial score (nSPS) is 18.1. The Hall–Kier alpha value is -1.62. The molecule has 0 radical (unpaired) electrons. The van der Waals surface area contributed by atoms with Gasteiger partial charge in [-0.05, 0) is 56.8 Å². The van der Waals surface area contributed by atoms with E-state index in [1.54, 1.807) is 0 Å². The van der Waals surface area contributed by atoms with Crippen LogP contribution in [0.25, 0.3) is 0 Å². The van der Waals surface area contributed by atoms with Gasteiger partial charge in [-0.15, -0.1) is 0 Å². The van der Waals surface area contributed by atoms with Gasteiger partial charge in [0.15, 0.2) is 5.96 Å². The number of aliphatic imine (C=N–C) groups is 1. The lowest BCUT2D eigenvalue weighted by Crippen LogP contribution is -2.46. The van der Waals surface area contributed by atoms with E-state index in [4.69, 9.17) is 4.99 Å². The second kappa shape index (κ2) is 11.2. The number of pyridine rings is 1. The van der Waals surface area contributed by atoms with Gasteiger partial charge in [-0.1, -0.05) is 26.8 Å². The maximum atomic E-state index is 4.89. The Kier molecular flexibility index (Phi) is 8.89. The van der Waals surface area contributed by atoms with Crippen molar-refractivity contribution in [2.24, 2.45) is 16.8 Å². The second-order valence-electron chi connectivity index (χ2n) is 7.75. The Morgan fingerprint density at radius 2 is 2.04 bits per heavy atom. The molecule has 0 bridgehead atoms. The van der Waals surface area contributed by atoms with Gasteiger partial charge in [-0.25, -0.2) is 0 Å². The molecule has 0 aromatic carbocycles. The molecular formula is C21H37N5. The standard InChI is InChI=1S/C21H37N5/c1-5-22-21(24-13-9-19-8-6-7-12-23-19)25-16-20(17(2)3)26-14-10-18(4)11-15-26/h6-8,12,17-18,20H,5,9-11,13-16H2,1-4H3,(H2,22,24,25). The topological polar surface area (TPSA) is 52.6 Å². The van der Waals surface area contributed by atoms with Crippen LogP contribution < -0.4 is 10.6 Å². The number of hydrogen-bond donors (Lipinski definition) is 2. The predicted octanol–water partition coefficient (Wildman–Crippen LogP) is 2.94. The fourth-order valence-corrected chi connectivity index (χ4v) is 3.49. The highest BCUT2D eigenvalue weighted by Gasteiger charge is 2.25. The third kappa shape index (κ3) is 6.94. The van der Waals surface area contributed by atoms with Crippen molar-refractivity contribution >= 4 is 5.96 Å². The minimum Gasteiger partial charge on any atom is -0.357 e. The van der Waals surface area contributed by atoms with Crippen molar-refractivity contribution in [1.82, 2.24) is 20.5 Å². The highest BCUT2D eigenvalue weighted by Crippen LogP contribution is 2.21. The van der Waals surface area contributed by atoms with Gasteiger partial charge in [0.1, 0.15) is 0 Å². The van der Waals surface area contributed by atoms with Crippen LogP contribution in [0.3, 0.4) is 0 Å². The van der Waals surface area contributed by atoms with E-state index in [-0.39, 0.29) is 0 Å². The van der Waals surface area contributed by atoms with Crippen molar-refractivity contribution in [3.63, 3.8) is 0 Å². The number of piperidine rings is 1. The number of nitrogens with zero attached hydrogens (tertiary/aromatic N) is 3. The van der Waals surface area contributed by atoms with Crippen molar-refractivity contribution in [3.8, 4) is 0 Å². The van der Waals surface area contributed by atoms with Crippen LogP contribution in [0.4, 0.5) is 0 Å². The van der Waals surface area contributed by atoms with Crippen molar-refractivity contribution in [2.45, 2.75) is 53.0 Å². The molecule has 1 atom stereocenters. The third-order valence-electron chi connectivity index (χ3n) is 5.24. The summed E-state index contributed by atoms with van der Waals surface area (Å²) in [7, 11) is 0. The SMILES string of the molecule is CCNC(=NCC(C(C)C)N1CCC(C)CC1)NCCc1ccccn1. The molecule has 146 valence electrons. The summed E-state index contributed by atoms with van der Waals surface area (Å²) < 4.78 is 0. The number of guanidine groups is 1. The summed E-state index contributed by atoms with van der Waals surface area (Å²) in [6.07, 6.45) is 5.38. The van der Waals surface area contributed by atoms with E-state index < -0.39 is 0 Å². The van der Waals surface area contributed by atoms with Crippen LogP contribution in [0.2, 0.25) is 0 Å². The molecule has 1 fully saturated rings. The zero-order valence-corrected chi connectivity index (χ0v) is 17.0. The number of likely N-dealkylation sites (tertiary alicyclic amines) is 1. The molecule has 1 aromatic heterocycles. The second-order valence-corrected chi connectivity index (χ2v) is 7.75. The molecule has 26 heavy (non-hydrogen) atoms. The van der Waals surface area contributed by atoms with Crippen molar-refractivity contribution < 1.29 is 0 Å². The van der Waals surface area contributed by atoms with E-state index in [0.29, 0.717) is 12.0 Å². The van der Waals surface area contributed by atoms with Crippen LogP contribution in [0, 0.1) is 11.8 Å². The van der Waals surface area contributed by atoms with Gasteiger partial charge in [0.25, 0.3) is 0 Å². The van der Waals surface area contributed by atoms with Crippen LogP contribution in [-0.2, 0) is 6.42 Å². The minimum absolute atomic E-state index is 0.522. The minimum atomic E-state index is 0.522. The highest BCUT2D eigenvalue weighted by molar-refractivity contribution is 5.79. The molecule has 0 aliphatic carbocycles. The first-order valence-corrected chi connectivity index (χ1v) is 10.3. The van der Waals surface area contributed by atoms with Gasteiger partial charge in [-0.3, -0.25) is 14.9 Å². The monoisotopic (exact) mass is 359 g/mol. The molecule has 2 heterocycles. The zero-order chi connectivity index (χ0) is 18.8. The highest BCUT2D eigenvalue weighted by atomic mass is 15.2. The zero-order valence-electron chi connectivity index (χ0n) is 17.0. The molecule has 1 unspecified atom stereocenters. The summed E-state index contributed by atoms with van der Waals surface area (Å²) in [4.78, 5) is 11.9. The molecule has 5 nitrogen and oxygen atoms in total. The van der Waals surface area contributed by atoms with Gasteiger partial charge in [0.05, 0.1) is 6.54 Å². The van der Waals surface area contributed by atoms with E-state index in [0.717, 1.165) is 43.6 Å². The van der Waals surface area contributed by atoms with Gasteiger partial charge in [0, 0.05) is 37.4 Å². The van der Waals surface area contributed by atoms with Gasteiger partial charge in [0.2, 0.25) is 0 Å². The summed E-state index contributed by atoms with van der Waals surface area (Å²) >= 11 is 0. The molecule has 0 amide bonds. The Balaban J connectivity index is 1.88. The summed E-state index contributed by atoms with van der Waals surface area (Å²) in [6, 6.07) is 6.58. The Morgan fingerprint density at radius 1 is 1.27 bits per heavy atom. The van der Waals surface area contributed by atoms with Crippen LogP contribution in [0.15, 0.2) is 29.4 Å². The van der Waals surface area contributed by atoms with Gasteiger partial charge < -0.3 is 10.6 Å². The van der Waals surface area contributed by atoms with Crippen molar-refractivity contribution in [2.75, 3.05) is 32.7 Å². The Labute approximate surface area is 159 Å². The number of rotatable bonds is 8. The van der Waals surface area contributed by atoms with E-state index in [2.05, 4.69) is 54.3 Å². The lowest BCUT2D eigenvalue weighted by atomic mass is 9.94. The van der Waals surface area contributed by atoms with E-state index in [1.165, 1.54) is 25.9 Å². The third-order valence-corrected chi connectivity index (χ3v) is 5.24. The number of hydrogen-bond acceptors (Lipinski definition) is 3. The molecule has 0 saturated carbocycles. The van der Waals surface area contributed by atoms with Crippen molar-refractivity contribution in [3.05, 3.63) is 30.1 Å². The van der Waals surface area contributed by atoms with Gasteiger partial charge in [-0.2, -0.15) is 0 Å². The first kappa shape index (κ1) is 20.7. The molecule has 1 aliphatic rings. The molecule has 1 saturated heterocycles. The lowest BCUT2D eigenvalue weighted by molar-refractivity contribution is 0.113. The molecule has 1 aromatic rings. The fourth-order valence-electron chi connectivity index (χ4n) is 3.49. The van der Waals surface area contributed by atoms with Crippen LogP contribution in [0.5, 0.6) is 0 Å².